The van der Waals surface area contributed by atoms with E-state index in [1.54, 1.807) is 0 Å². The number of ether oxygens (including phenoxy) is 1. The van der Waals surface area contributed by atoms with Crippen molar-refractivity contribution in [2.24, 2.45) is 0 Å². The first-order valence-corrected chi connectivity index (χ1v) is 7.98. The molecule has 0 aliphatic carbocycles. The number of anilines is 1. The van der Waals surface area contributed by atoms with Crippen molar-refractivity contribution in [3.05, 3.63) is 34.0 Å². The first-order valence-electron chi connectivity index (χ1n) is 6.81. The van der Waals surface area contributed by atoms with Gasteiger partial charge in [-0.25, -0.2) is 0 Å². The molecular formula is C14H14BrClN4O. The molecule has 0 atom stereocenters. The molecule has 1 aromatic carbocycles. The molecule has 2 aromatic rings. The molecule has 2 heterocycles. The lowest BCUT2D eigenvalue weighted by atomic mass is 10.1. The second-order valence-electron chi connectivity index (χ2n) is 4.79. The lowest BCUT2D eigenvalue weighted by molar-refractivity contribution is 0.437. The minimum atomic E-state index is 0.151. The Balaban J connectivity index is 1.81. The first kappa shape index (κ1) is 14.5. The number of halogens is 2. The van der Waals surface area contributed by atoms with Crippen LogP contribution in [0.3, 0.4) is 0 Å². The molecule has 1 aromatic heterocycles. The number of benzene rings is 1. The molecule has 1 fully saturated rings. The summed E-state index contributed by atoms with van der Waals surface area (Å²) in [4.78, 5) is 14.7. The smallest absolute Gasteiger partial charge is 0.328 e. The third-order valence-electron chi connectivity index (χ3n) is 3.24. The lowest BCUT2D eigenvalue weighted by Gasteiger charge is -2.26. The summed E-state index contributed by atoms with van der Waals surface area (Å²) < 4.78 is 6.64. The van der Waals surface area contributed by atoms with Crippen molar-refractivity contribution in [2.45, 2.75) is 19.3 Å². The summed E-state index contributed by atoms with van der Waals surface area (Å²) in [6, 6.07) is 7.68. The van der Waals surface area contributed by atoms with Gasteiger partial charge in [0.25, 0.3) is 0 Å². The topological polar surface area (TPSA) is 51.1 Å². The maximum Gasteiger partial charge on any atom is 0.328 e. The van der Waals surface area contributed by atoms with Crippen LogP contribution in [0.2, 0.25) is 5.28 Å². The van der Waals surface area contributed by atoms with Crippen molar-refractivity contribution in [1.29, 1.82) is 0 Å². The number of nitrogens with zero attached hydrogens (tertiary/aromatic N) is 4. The summed E-state index contributed by atoms with van der Waals surface area (Å²) in [6.07, 6.45) is 3.54. The van der Waals surface area contributed by atoms with E-state index in [1.165, 1.54) is 6.42 Å². The molecule has 3 rings (SSSR count). The summed E-state index contributed by atoms with van der Waals surface area (Å²) in [6.45, 7) is 1.89. The summed E-state index contributed by atoms with van der Waals surface area (Å²) >= 11 is 9.37. The number of piperidine rings is 1. The van der Waals surface area contributed by atoms with Gasteiger partial charge < -0.3 is 9.64 Å². The Bertz CT molecular complexity index is 617. The zero-order valence-electron chi connectivity index (χ0n) is 11.3. The van der Waals surface area contributed by atoms with E-state index >= 15 is 0 Å². The second-order valence-corrected chi connectivity index (χ2v) is 6.04. The van der Waals surface area contributed by atoms with E-state index < -0.39 is 0 Å². The van der Waals surface area contributed by atoms with Gasteiger partial charge in [0.1, 0.15) is 5.75 Å². The Labute approximate surface area is 136 Å². The Kier molecular flexibility index (Phi) is 4.55. The quantitative estimate of drug-likeness (QED) is 0.816. The fraction of sp³-hybridized carbons (Fsp3) is 0.357. The van der Waals surface area contributed by atoms with Gasteiger partial charge in [-0.1, -0.05) is 15.9 Å². The molecule has 0 spiro atoms. The largest absolute Gasteiger partial charge is 0.424 e. The molecule has 0 N–H and O–H groups in total. The highest BCUT2D eigenvalue weighted by Crippen LogP contribution is 2.24. The molecule has 1 aliphatic rings. The van der Waals surface area contributed by atoms with Crippen molar-refractivity contribution in [3.8, 4) is 11.8 Å². The van der Waals surface area contributed by atoms with Crippen molar-refractivity contribution in [3.63, 3.8) is 0 Å². The second kappa shape index (κ2) is 6.58. The van der Waals surface area contributed by atoms with Crippen LogP contribution in [-0.2, 0) is 0 Å². The van der Waals surface area contributed by atoms with Crippen LogP contribution in [0.4, 0.5) is 5.95 Å². The van der Waals surface area contributed by atoms with Crippen LogP contribution in [0, 0.1) is 0 Å². The Hall–Kier alpha value is -1.40. The number of rotatable bonds is 3. The van der Waals surface area contributed by atoms with Crippen molar-refractivity contribution in [1.82, 2.24) is 15.0 Å². The normalized spacial score (nSPS) is 15.0. The van der Waals surface area contributed by atoms with E-state index in [0.717, 1.165) is 30.4 Å². The van der Waals surface area contributed by atoms with Crippen molar-refractivity contribution < 1.29 is 4.74 Å². The molecule has 7 heteroatoms. The van der Waals surface area contributed by atoms with Gasteiger partial charge in [-0.2, -0.15) is 15.0 Å². The first-order chi connectivity index (χ1) is 10.2. The minimum absolute atomic E-state index is 0.151. The summed E-state index contributed by atoms with van der Waals surface area (Å²) in [5.41, 5.74) is 0. The Morgan fingerprint density at radius 2 is 1.71 bits per heavy atom. The highest BCUT2D eigenvalue weighted by Gasteiger charge is 2.16. The van der Waals surface area contributed by atoms with Gasteiger partial charge in [0.2, 0.25) is 11.2 Å². The third kappa shape index (κ3) is 3.83. The number of hydrogen-bond donors (Lipinski definition) is 0. The van der Waals surface area contributed by atoms with Crippen LogP contribution in [0.15, 0.2) is 28.7 Å². The Morgan fingerprint density at radius 3 is 2.43 bits per heavy atom. The van der Waals surface area contributed by atoms with Gasteiger partial charge in [0.05, 0.1) is 0 Å². The molecule has 0 radical (unpaired) electrons. The van der Waals surface area contributed by atoms with Crippen molar-refractivity contribution in [2.75, 3.05) is 18.0 Å². The maximum atomic E-state index is 5.98. The van der Waals surface area contributed by atoms with Crippen LogP contribution in [-0.4, -0.2) is 28.0 Å². The summed E-state index contributed by atoms with van der Waals surface area (Å²) in [7, 11) is 0. The Morgan fingerprint density at radius 1 is 1.00 bits per heavy atom. The van der Waals surface area contributed by atoms with E-state index in [1.807, 2.05) is 24.3 Å². The van der Waals surface area contributed by atoms with E-state index in [4.69, 9.17) is 16.3 Å². The average Bonchev–Trinajstić information content (AvgIpc) is 2.50. The summed E-state index contributed by atoms with van der Waals surface area (Å²) in [5, 5.41) is 0.151. The highest BCUT2D eigenvalue weighted by molar-refractivity contribution is 9.10. The molecule has 0 saturated carbocycles. The fourth-order valence-electron chi connectivity index (χ4n) is 2.21. The van der Waals surface area contributed by atoms with Crippen LogP contribution >= 0.6 is 27.5 Å². The lowest BCUT2D eigenvalue weighted by Crippen LogP contribution is -2.31. The molecule has 0 unspecified atom stereocenters. The predicted octanol–water partition coefficient (Wildman–Crippen LogP) is 4.07. The molecule has 110 valence electrons. The van der Waals surface area contributed by atoms with Crippen LogP contribution < -0.4 is 9.64 Å². The van der Waals surface area contributed by atoms with Crippen LogP contribution in [0.25, 0.3) is 0 Å². The monoisotopic (exact) mass is 368 g/mol. The minimum Gasteiger partial charge on any atom is -0.424 e. The van der Waals surface area contributed by atoms with E-state index in [2.05, 4.69) is 35.8 Å². The highest BCUT2D eigenvalue weighted by atomic mass is 79.9. The number of aromatic nitrogens is 3. The fourth-order valence-corrected chi connectivity index (χ4v) is 2.62. The molecule has 0 amide bonds. The van der Waals surface area contributed by atoms with Crippen LogP contribution in [0.5, 0.6) is 11.8 Å². The van der Waals surface area contributed by atoms with Gasteiger partial charge in [-0.3, -0.25) is 0 Å². The standard InChI is InChI=1S/C14H14BrClN4O/c15-10-4-6-11(7-5-10)21-14-18-12(16)17-13(19-14)20-8-2-1-3-9-20/h4-7H,1-3,8-9H2. The predicted molar refractivity (Wildman–Crippen MR) is 85.1 cm³/mol. The van der Waals surface area contributed by atoms with Crippen LogP contribution in [0.1, 0.15) is 19.3 Å². The zero-order chi connectivity index (χ0) is 14.7. The summed E-state index contributed by atoms with van der Waals surface area (Å²) in [5.74, 6) is 1.24. The third-order valence-corrected chi connectivity index (χ3v) is 3.94. The molecule has 1 aliphatic heterocycles. The molecule has 21 heavy (non-hydrogen) atoms. The van der Waals surface area contributed by atoms with Gasteiger partial charge >= 0.3 is 6.01 Å². The SMILES string of the molecule is Clc1nc(Oc2ccc(Br)cc2)nc(N2CCCCC2)n1. The van der Waals surface area contributed by atoms with Gasteiger partial charge in [-0.05, 0) is 55.1 Å². The van der Waals surface area contributed by atoms with Crippen molar-refractivity contribution >= 4 is 33.5 Å². The van der Waals surface area contributed by atoms with Gasteiger partial charge in [-0.15, -0.1) is 0 Å². The average molecular weight is 370 g/mol. The van der Waals surface area contributed by atoms with E-state index in [-0.39, 0.29) is 11.3 Å². The number of hydrogen-bond acceptors (Lipinski definition) is 5. The van der Waals surface area contributed by atoms with E-state index in [9.17, 15) is 0 Å². The molecule has 0 bridgehead atoms. The molecular weight excluding hydrogens is 356 g/mol. The van der Waals surface area contributed by atoms with Gasteiger partial charge in [0.15, 0.2) is 0 Å². The van der Waals surface area contributed by atoms with E-state index in [0.29, 0.717) is 11.7 Å². The zero-order valence-corrected chi connectivity index (χ0v) is 13.6. The molecule has 5 nitrogen and oxygen atoms in total. The maximum absolute atomic E-state index is 5.98. The molecule has 1 saturated heterocycles. The van der Waals surface area contributed by atoms with Gasteiger partial charge in [0, 0.05) is 17.6 Å².